The summed E-state index contributed by atoms with van der Waals surface area (Å²) in [5.74, 6) is -0.425. The van der Waals surface area contributed by atoms with E-state index >= 15 is 0 Å². The molecule has 0 fully saturated rings. The van der Waals surface area contributed by atoms with Crippen molar-refractivity contribution in [1.82, 2.24) is 10.6 Å². The first-order valence-electron chi connectivity index (χ1n) is 6.11. The predicted octanol–water partition coefficient (Wildman–Crippen LogP) is 1.95. The van der Waals surface area contributed by atoms with E-state index in [0.717, 1.165) is 5.56 Å². The van der Waals surface area contributed by atoms with Crippen molar-refractivity contribution in [2.45, 2.75) is 12.6 Å². The molecule has 0 bridgehead atoms. The Morgan fingerprint density at radius 3 is 2.90 bits per heavy atom. The highest BCUT2D eigenvalue weighted by Crippen LogP contribution is 2.12. The van der Waals surface area contributed by atoms with Gasteiger partial charge in [0, 0.05) is 18.7 Å². The molecule has 2 aromatic rings. The van der Waals surface area contributed by atoms with Crippen LogP contribution in [0.5, 0.6) is 0 Å². The Hall–Kier alpha value is -2.34. The molecule has 1 heterocycles. The molecule has 0 unspecified atom stereocenters. The summed E-state index contributed by atoms with van der Waals surface area (Å²) < 4.78 is 17.9. The zero-order valence-electron chi connectivity index (χ0n) is 10.7. The van der Waals surface area contributed by atoms with E-state index in [1.165, 1.54) is 30.7 Å². The molecule has 1 aromatic carbocycles. The molecule has 2 rings (SSSR count). The maximum absolute atomic E-state index is 13.0. The van der Waals surface area contributed by atoms with Gasteiger partial charge >= 0.3 is 6.03 Å². The van der Waals surface area contributed by atoms with E-state index in [1.807, 2.05) is 0 Å². The first-order chi connectivity index (χ1) is 9.65. The molecule has 2 amide bonds. The van der Waals surface area contributed by atoms with Crippen molar-refractivity contribution in [3.05, 3.63) is 59.8 Å². The van der Waals surface area contributed by atoms with Crippen LogP contribution < -0.4 is 10.6 Å². The lowest BCUT2D eigenvalue weighted by molar-refractivity contribution is 0.172. The summed E-state index contributed by atoms with van der Waals surface area (Å²) in [4.78, 5) is 11.5. The molecule has 1 atom stereocenters. The third kappa shape index (κ3) is 4.10. The summed E-state index contributed by atoms with van der Waals surface area (Å²) in [7, 11) is 0. The summed E-state index contributed by atoms with van der Waals surface area (Å²) in [6.45, 7) is 0.332. The van der Waals surface area contributed by atoms with Crippen molar-refractivity contribution in [2.24, 2.45) is 0 Å². The van der Waals surface area contributed by atoms with Crippen LogP contribution in [-0.2, 0) is 6.54 Å². The lowest BCUT2D eigenvalue weighted by atomic mass is 10.1. The monoisotopic (exact) mass is 278 g/mol. The van der Waals surface area contributed by atoms with Gasteiger partial charge in [0.1, 0.15) is 5.82 Å². The van der Waals surface area contributed by atoms with Crippen LogP contribution >= 0.6 is 0 Å². The number of benzene rings is 1. The Labute approximate surface area is 115 Å². The van der Waals surface area contributed by atoms with Gasteiger partial charge in [0.2, 0.25) is 0 Å². The number of carbonyl (C=O) groups is 1. The number of nitrogens with one attached hydrogen (secondary N) is 2. The molecule has 5 nitrogen and oxygen atoms in total. The molecule has 3 N–H and O–H groups in total. The molecule has 6 heteroatoms. The van der Waals surface area contributed by atoms with Gasteiger partial charge in [0.15, 0.2) is 0 Å². The number of rotatable bonds is 5. The van der Waals surface area contributed by atoms with E-state index in [1.54, 1.807) is 12.1 Å². The highest BCUT2D eigenvalue weighted by molar-refractivity contribution is 5.73. The van der Waals surface area contributed by atoms with Gasteiger partial charge in [-0.3, -0.25) is 0 Å². The average Bonchev–Trinajstić information content (AvgIpc) is 2.95. The molecule has 0 radical (unpaired) electrons. The van der Waals surface area contributed by atoms with Crippen molar-refractivity contribution in [2.75, 3.05) is 6.54 Å². The van der Waals surface area contributed by atoms with E-state index in [-0.39, 0.29) is 6.54 Å². The van der Waals surface area contributed by atoms with Crippen LogP contribution in [0.3, 0.4) is 0 Å². The summed E-state index contributed by atoms with van der Waals surface area (Å²) in [5.41, 5.74) is 1.26. The minimum atomic E-state index is -0.953. The number of halogens is 1. The number of aliphatic hydroxyl groups is 1. The fourth-order valence-electron chi connectivity index (χ4n) is 1.66. The van der Waals surface area contributed by atoms with Crippen molar-refractivity contribution in [3.63, 3.8) is 0 Å². The van der Waals surface area contributed by atoms with Crippen LogP contribution in [0, 0.1) is 5.82 Å². The number of amides is 2. The molecule has 20 heavy (non-hydrogen) atoms. The second kappa shape index (κ2) is 6.72. The van der Waals surface area contributed by atoms with Gasteiger partial charge in [0.05, 0.1) is 18.6 Å². The number of hydrogen-bond acceptors (Lipinski definition) is 3. The van der Waals surface area contributed by atoms with Crippen LogP contribution in [0.2, 0.25) is 0 Å². The molecule has 0 saturated carbocycles. The summed E-state index contributed by atoms with van der Waals surface area (Å²) in [5, 5.41) is 14.9. The minimum Gasteiger partial charge on any atom is -0.472 e. The Bertz CT molecular complexity index is 557. The quantitative estimate of drug-likeness (QED) is 0.782. The largest absolute Gasteiger partial charge is 0.472 e. The molecule has 0 aliphatic carbocycles. The van der Waals surface area contributed by atoms with Crippen LogP contribution in [0.15, 0.2) is 47.3 Å². The molecule has 0 spiro atoms. The standard InChI is InChI=1S/C14H15FN2O3/c15-12-3-1-2-11(6-12)13(18)8-17-14(19)16-7-10-4-5-20-9-10/h1-6,9,13,18H,7-8H2,(H2,16,17,19)/t13-/m1/s1. The van der Waals surface area contributed by atoms with Gasteiger partial charge in [-0.1, -0.05) is 12.1 Å². The van der Waals surface area contributed by atoms with E-state index in [0.29, 0.717) is 12.1 Å². The van der Waals surface area contributed by atoms with Crippen LogP contribution in [0.4, 0.5) is 9.18 Å². The minimum absolute atomic E-state index is 0.000668. The molecular formula is C14H15FN2O3. The lowest BCUT2D eigenvalue weighted by Gasteiger charge is -2.12. The van der Waals surface area contributed by atoms with E-state index in [9.17, 15) is 14.3 Å². The van der Waals surface area contributed by atoms with Gasteiger partial charge in [-0.2, -0.15) is 0 Å². The van der Waals surface area contributed by atoms with Crippen LogP contribution in [0.25, 0.3) is 0 Å². The Morgan fingerprint density at radius 2 is 2.20 bits per heavy atom. The third-order valence-corrected chi connectivity index (χ3v) is 2.72. The first kappa shape index (κ1) is 14.1. The highest BCUT2D eigenvalue weighted by atomic mass is 19.1. The summed E-state index contributed by atoms with van der Waals surface area (Å²) >= 11 is 0. The van der Waals surface area contributed by atoms with Gasteiger partial charge in [-0.05, 0) is 23.8 Å². The van der Waals surface area contributed by atoms with Gasteiger partial charge < -0.3 is 20.2 Å². The zero-order valence-corrected chi connectivity index (χ0v) is 10.7. The van der Waals surface area contributed by atoms with Crippen LogP contribution in [-0.4, -0.2) is 17.7 Å². The fourth-order valence-corrected chi connectivity index (χ4v) is 1.66. The molecule has 0 saturated heterocycles. The summed E-state index contributed by atoms with van der Waals surface area (Å²) in [6.07, 6.45) is 2.09. The predicted molar refractivity (Wildman–Crippen MR) is 70.3 cm³/mol. The summed E-state index contributed by atoms with van der Waals surface area (Å²) in [6, 6.07) is 6.95. The third-order valence-electron chi connectivity index (χ3n) is 2.72. The van der Waals surface area contributed by atoms with Crippen molar-refractivity contribution < 1.29 is 18.7 Å². The second-order valence-corrected chi connectivity index (χ2v) is 4.27. The maximum atomic E-state index is 13.0. The molecule has 1 aromatic heterocycles. The van der Waals surface area contributed by atoms with E-state index < -0.39 is 18.0 Å². The SMILES string of the molecule is O=C(NCc1ccoc1)NC[C@@H](O)c1cccc(F)c1. The van der Waals surface area contributed by atoms with Gasteiger partial charge in [-0.15, -0.1) is 0 Å². The van der Waals surface area contributed by atoms with Crippen molar-refractivity contribution in [1.29, 1.82) is 0 Å². The Balaban J connectivity index is 1.75. The maximum Gasteiger partial charge on any atom is 0.315 e. The second-order valence-electron chi connectivity index (χ2n) is 4.27. The van der Waals surface area contributed by atoms with Crippen molar-refractivity contribution in [3.8, 4) is 0 Å². The Morgan fingerprint density at radius 1 is 1.35 bits per heavy atom. The zero-order chi connectivity index (χ0) is 14.4. The van der Waals surface area contributed by atoms with E-state index in [4.69, 9.17) is 4.42 Å². The average molecular weight is 278 g/mol. The molecular weight excluding hydrogens is 263 g/mol. The number of furan rings is 1. The first-order valence-corrected chi connectivity index (χ1v) is 6.11. The van der Waals surface area contributed by atoms with E-state index in [2.05, 4.69) is 10.6 Å². The fraction of sp³-hybridized carbons (Fsp3) is 0.214. The normalized spacial score (nSPS) is 11.9. The molecule has 106 valence electrons. The number of hydrogen-bond donors (Lipinski definition) is 3. The smallest absolute Gasteiger partial charge is 0.315 e. The van der Waals surface area contributed by atoms with Crippen LogP contribution in [0.1, 0.15) is 17.2 Å². The number of carbonyl (C=O) groups excluding carboxylic acids is 1. The van der Waals surface area contributed by atoms with Crippen molar-refractivity contribution >= 4 is 6.03 Å². The molecule has 0 aliphatic heterocycles. The highest BCUT2D eigenvalue weighted by Gasteiger charge is 2.10. The topological polar surface area (TPSA) is 74.5 Å². The Kier molecular flexibility index (Phi) is 4.73. The molecule has 0 aliphatic rings. The number of urea groups is 1. The van der Waals surface area contributed by atoms with Gasteiger partial charge in [-0.25, -0.2) is 9.18 Å². The van der Waals surface area contributed by atoms with Gasteiger partial charge in [0.25, 0.3) is 0 Å². The lowest BCUT2D eigenvalue weighted by Crippen LogP contribution is -2.37. The number of aliphatic hydroxyl groups excluding tert-OH is 1.